The van der Waals surface area contributed by atoms with E-state index in [4.69, 9.17) is 11.2 Å². The average Bonchev–Trinajstić information content (AvgIpc) is 2.59. The Morgan fingerprint density at radius 2 is 2.38 bits per heavy atom. The number of H-pyrrole nitrogens is 1. The second-order valence-corrected chi connectivity index (χ2v) is 2.63. The van der Waals surface area contributed by atoms with Crippen LogP contribution in [0.25, 0.3) is 10.9 Å². The molecule has 0 saturated carbocycles. The van der Waals surface area contributed by atoms with E-state index in [0.29, 0.717) is 5.69 Å². The quantitative estimate of drug-likeness (QED) is 0.663. The van der Waals surface area contributed by atoms with Crippen LogP contribution in [0.5, 0.6) is 5.75 Å². The van der Waals surface area contributed by atoms with Crippen LogP contribution in [0.15, 0.2) is 18.2 Å². The summed E-state index contributed by atoms with van der Waals surface area (Å²) in [5.74, 6) is 3.31. The Bertz CT molecular complexity index is 479. The first kappa shape index (κ1) is 7.69. The van der Waals surface area contributed by atoms with Crippen LogP contribution in [-0.4, -0.2) is 17.3 Å². The van der Waals surface area contributed by atoms with E-state index in [9.17, 15) is 0 Å². The van der Waals surface area contributed by atoms with Gasteiger partial charge in [-0.05, 0) is 12.1 Å². The van der Waals surface area contributed by atoms with E-state index in [0.717, 1.165) is 16.7 Å². The Balaban J connectivity index is 2.70. The lowest BCUT2D eigenvalue weighted by atomic mass is 10.2. The number of terminal acetylenes is 1. The topological polar surface area (TPSA) is 37.9 Å². The lowest BCUT2D eigenvalue weighted by molar-refractivity contribution is 0.415. The fourth-order valence-corrected chi connectivity index (χ4v) is 1.23. The van der Waals surface area contributed by atoms with E-state index in [1.165, 1.54) is 0 Å². The summed E-state index contributed by atoms with van der Waals surface area (Å²) < 4.78 is 5.06. The molecule has 2 aromatic rings. The third kappa shape index (κ3) is 1.13. The van der Waals surface area contributed by atoms with Crippen LogP contribution in [0.1, 0.15) is 5.69 Å². The summed E-state index contributed by atoms with van der Waals surface area (Å²) in [6, 6.07) is 5.60. The van der Waals surface area contributed by atoms with Crippen molar-refractivity contribution in [3.05, 3.63) is 23.9 Å². The lowest BCUT2D eigenvalue weighted by Crippen LogP contribution is -1.81. The van der Waals surface area contributed by atoms with Crippen LogP contribution >= 0.6 is 0 Å². The van der Waals surface area contributed by atoms with Crippen molar-refractivity contribution >= 4 is 10.9 Å². The second kappa shape index (κ2) is 2.83. The molecule has 64 valence electrons. The maximum absolute atomic E-state index is 5.28. The van der Waals surface area contributed by atoms with Crippen molar-refractivity contribution in [3.8, 4) is 18.1 Å². The minimum atomic E-state index is 0.706. The monoisotopic (exact) mass is 172 g/mol. The molecular weight excluding hydrogens is 164 g/mol. The molecule has 1 N–H and O–H groups in total. The fourth-order valence-electron chi connectivity index (χ4n) is 1.23. The molecule has 0 unspecified atom stereocenters. The Labute approximate surface area is 75.7 Å². The van der Waals surface area contributed by atoms with Gasteiger partial charge < -0.3 is 4.74 Å². The largest absolute Gasteiger partial charge is 0.497 e. The van der Waals surface area contributed by atoms with Gasteiger partial charge in [0.1, 0.15) is 11.4 Å². The number of fused-ring (bicyclic) bond motifs is 1. The molecule has 13 heavy (non-hydrogen) atoms. The number of nitrogens with zero attached hydrogens (tertiary/aromatic N) is 1. The Morgan fingerprint density at radius 1 is 1.54 bits per heavy atom. The van der Waals surface area contributed by atoms with Gasteiger partial charge in [0.05, 0.1) is 12.6 Å². The van der Waals surface area contributed by atoms with Crippen molar-refractivity contribution < 1.29 is 4.74 Å². The molecule has 0 fully saturated rings. The normalized spacial score (nSPS) is 9.85. The van der Waals surface area contributed by atoms with Gasteiger partial charge in [-0.15, -0.1) is 6.42 Å². The summed E-state index contributed by atoms with van der Waals surface area (Å²) in [6.07, 6.45) is 5.28. The number of methoxy groups -OCH3 is 1. The van der Waals surface area contributed by atoms with Crippen molar-refractivity contribution in [2.45, 2.75) is 0 Å². The van der Waals surface area contributed by atoms with Gasteiger partial charge in [0, 0.05) is 11.5 Å². The first-order valence-electron chi connectivity index (χ1n) is 3.84. The van der Waals surface area contributed by atoms with Crippen LogP contribution in [0, 0.1) is 12.3 Å². The fraction of sp³-hybridized carbons (Fsp3) is 0.100. The Kier molecular flexibility index (Phi) is 1.67. The van der Waals surface area contributed by atoms with Crippen molar-refractivity contribution in [1.29, 1.82) is 0 Å². The molecule has 0 aliphatic rings. The van der Waals surface area contributed by atoms with Crippen LogP contribution in [0.4, 0.5) is 0 Å². The maximum Gasteiger partial charge on any atom is 0.121 e. The van der Waals surface area contributed by atoms with Crippen molar-refractivity contribution in [2.75, 3.05) is 7.11 Å². The molecule has 3 heteroatoms. The van der Waals surface area contributed by atoms with E-state index in [1.54, 1.807) is 7.11 Å². The van der Waals surface area contributed by atoms with E-state index < -0.39 is 0 Å². The summed E-state index contributed by atoms with van der Waals surface area (Å²) >= 11 is 0. The first-order valence-corrected chi connectivity index (χ1v) is 3.84. The number of benzene rings is 1. The molecule has 0 aliphatic heterocycles. The highest BCUT2D eigenvalue weighted by Crippen LogP contribution is 2.20. The predicted molar refractivity (Wildman–Crippen MR) is 50.6 cm³/mol. The van der Waals surface area contributed by atoms with E-state index in [1.807, 2.05) is 18.2 Å². The minimum Gasteiger partial charge on any atom is -0.497 e. The second-order valence-electron chi connectivity index (χ2n) is 2.63. The third-order valence-electron chi connectivity index (χ3n) is 1.91. The van der Waals surface area contributed by atoms with Crippen LogP contribution < -0.4 is 4.74 Å². The summed E-state index contributed by atoms with van der Waals surface area (Å²) in [7, 11) is 1.62. The molecule has 0 bridgehead atoms. The average molecular weight is 172 g/mol. The van der Waals surface area contributed by atoms with Gasteiger partial charge in [-0.25, -0.2) is 0 Å². The number of rotatable bonds is 1. The Morgan fingerprint density at radius 3 is 3.08 bits per heavy atom. The van der Waals surface area contributed by atoms with E-state index >= 15 is 0 Å². The first-order chi connectivity index (χ1) is 6.35. The zero-order valence-electron chi connectivity index (χ0n) is 7.16. The van der Waals surface area contributed by atoms with E-state index in [-0.39, 0.29) is 0 Å². The molecule has 0 aliphatic carbocycles. The smallest absolute Gasteiger partial charge is 0.121 e. The SMILES string of the molecule is C#Cc1[nH]nc2cc(OC)ccc12. The number of aromatic amines is 1. The summed E-state index contributed by atoms with van der Waals surface area (Å²) in [5.41, 5.74) is 1.53. The zero-order valence-corrected chi connectivity index (χ0v) is 7.16. The molecule has 0 atom stereocenters. The van der Waals surface area contributed by atoms with Gasteiger partial charge in [-0.1, -0.05) is 5.92 Å². The minimum absolute atomic E-state index is 0.706. The number of aromatic nitrogens is 2. The summed E-state index contributed by atoms with van der Waals surface area (Å²) in [4.78, 5) is 0. The molecule has 0 radical (unpaired) electrons. The summed E-state index contributed by atoms with van der Waals surface area (Å²) in [5, 5.41) is 7.77. The number of nitrogens with one attached hydrogen (secondary N) is 1. The molecule has 1 aromatic heterocycles. The molecule has 1 aromatic carbocycles. The highest BCUT2D eigenvalue weighted by Gasteiger charge is 2.03. The highest BCUT2D eigenvalue weighted by atomic mass is 16.5. The molecule has 0 spiro atoms. The number of hydrogen-bond donors (Lipinski definition) is 1. The van der Waals surface area contributed by atoms with Gasteiger partial charge in [-0.3, -0.25) is 5.10 Å². The maximum atomic E-state index is 5.28. The number of hydrogen-bond acceptors (Lipinski definition) is 2. The third-order valence-corrected chi connectivity index (χ3v) is 1.91. The molecule has 3 nitrogen and oxygen atoms in total. The predicted octanol–water partition coefficient (Wildman–Crippen LogP) is 1.55. The molecule has 2 rings (SSSR count). The van der Waals surface area contributed by atoms with Gasteiger partial charge >= 0.3 is 0 Å². The van der Waals surface area contributed by atoms with Crippen molar-refractivity contribution in [3.63, 3.8) is 0 Å². The molecule has 0 saturated heterocycles. The highest BCUT2D eigenvalue weighted by molar-refractivity contribution is 5.84. The van der Waals surface area contributed by atoms with Crippen LogP contribution in [-0.2, 0) is 0 Å². The standard InChI is InChI=1S/C10H8N2O/c1-3-9-8-5-4-7(13-2)6-10(8)12-11-9/h1,4-6H,2H3,(H,11,12). The summed E-state index contributed by atoms with van der Waals surface area (Å²) in [6.45, 7) is 0. The Hall–Kier alpha value is -1.95. The molecule has 1 heterocycles. The van der Waals surface area contributed by atoms with Gasteiger partial charge in [0.2, 0.25) is 0 Å². The van der Waals surface area contributed by atoms with Crippen LogP contribution in [0.3, 0.4) is 0 Å². The van der Waals surface area contributed by atoms with Crippen molar-refractivity contribution in [2.24, 2.45) is 0 Å². The van der Waals surface area contributed by atoms with Gasteiger partial charge in [0.25, 0.3) is 0 Å². The van der Waals surface area contributed by atoms with Crippen molar-refractivity contribution in [1.82, 2.24) is 10.2 Å². The van der Waals surface area contributed by atoms with Crippen LogP contribution in [0.2, 0.25) is 0 Å². The van der Waals surface area contributed by atoms with Gasteiger partial charge in [-0.2, -0.15) is 5.10 Å². The number of ether oxygens (including phenoxy) is 1. The zero-order chi connectivity index (χ0) is 9.26. The van der Waals surface area contributed by atoms with Gasteiger partial charge in [0.15, 0.2) is 0 Å². The van der Waals surface area contributed by atoms with E-state index in [2.05, 4.69) is 16.1 Å². The lowest BCUT2D eigenvalue weighted by Gasteiger charge is -1.96. The molecule has 0 amide bonds. The molecular formula is C10H8N2O.